The highest BCUT2D eigenvalue weighted by atomic mass is 16.5. The lowest BCUT2D eigenvalue weighted by molar-refractivity contribution is -0.143. The van der Waals surface area contributed by atoms with Crippen molar-refractivity contribution in [3.05, 3.63) is 30.1 Å². The molecule has 3 aliphatic heterocycles. The second kappa shape index (κ2) is 8.10. The molecule has 1 aromatic rings. The molecule has 3 aliphatic rings. The molecule has 0 aliphatic carbocycles. The summed E-state index contributed by atoms with van der Waals surface area (Å²) < 4.78 is 17.8. The Bertz CT molecular complexity index is 538. The third-order valence-electron chi connectivity index (χ3n) is 5.45. The van der Waals surface area contributed by atoms with Crippen molar-refractivity contribution in [3.8, 4) is 0 Å². The molecule has 4 rings (SSSR count). The highest BCUT2D eigenvalue weighted by Crippen LogP contribution is 2.25. The van der Waals surface area contributed by atoms with E-state index < -0.39 is 0 Å². The Morgan fingerprint density at radius 1 is 1.04 bits per heavy atom. The summed E-state index contributed by atoms with van der Waals surface area (Å²) in [7, 11) is 0. The van der Waals surface area contributed by atoms with Crippen molar-refractivity contribution < 1.29 is 14.2 Å². The van der Waals surface area contributed by atoms with Gasteiger partial charge in [-0.05, 0) is 30.0 Å². The molecule has 0 saturated carbocycles. The maximum absolute atomic E-state index is 6.30. The van der Waals surface area contributed by atoms with Crippen LogP contribution in [0.4, 0.5) is 0 Å². The van der Waals surface area contributed by atoms with Gasteiger partial charge in [0.1, 0.15) is 5.60 Å². The number of morpholine rings is 1. The van der Waals surface area contributed by atoms with Gasteiger partial charge in [0.2, 0.25) is 0 Å². The molecule has 138 valence electrons. The first-order valence-electron chi connectivity index (χ1n) is 9.44. The van der Waals surface area contributed by atoms with Crippen LogP contribution in [0.5, 0.6) is 0 Å². The molecule has 4 heterocycles. The fraction of sp³-hybridized carbons (Fsp3) is 0.737. The number of aromatic nitrogens is 1. The summed E-state index contributed by atoms with van der Waals surface area (Å²) in [6, 6.07) is 4.18. The van der Waals surface area contributed by atoms with E-state index in [1.54, 1.807) is 0 Å². The van der Waals surface area contributed by atoms with E-state index >= 15 is 0 Å². The molecule has 0 bridgehead atoms. The lowest BCUT2D eigenvalue weighted by Gasteiger charge is -2.44. The Hall–Kier alpha value is -1.05. The lowest BCUT2D eigenvalue weighted by Crippen LogP contribution is -2.59. The Labute approximate surface area is 150 Å². The second-order valence-corrected chi connectivity index (χ2v) is 7.61. The zero-order valence-corrected chi connectivity index (χ0v) is 14.9. The van der Waals surface area contributed by atoms with Crippen LogP contribution in [0, 0.1) is 5.92 Å². The van der Waals surface area contributed by atoms with E-state index in [1.807, 2.05) is 12.4 Å². The number of nitrogens with zero attached hydrogens (tertiary/aromatic N) is 3. The summed E-state index contributed by atoms with van der Waals surface area (Å²) in [6.45, 7) is 9.97. The minimum Gasteiger partial charge on any atom is -0.381 e. The highest BCUT2D eigenvalue weighted by Gasteiger charge is 2.40. The maximum Gasteiger partial charge on any atom is 0.117 e. The summed E-state index contributed by atoms with van der Waals surface area (Å²) in [6.07, 6.45) is 4.92. The molecule has 6 heteroatoms. The highest BCUT2D eigenvalue weighted by molar-refractivity contribution is 5.10. The van der Waals surface area contributed by atoms with Gasteiger partial charge in [0, 0.05) is 58.3 Å². The predicted octanol–water partition coefficient (Wildman–Crippen LogP) is 1.02. The smallest absolute Gasteiger partial charge is 0.117 e. The van der Waals surface area contributed by atoms with Gasteiger partial charge in [-0.2, -0.15) is 0 Å². The average Bonchev–Trinajstić information content (AvgIpc) is 3.05. The molecule has 0 aromatic carbocycles. The number of hydrogen-bond donors (Lipinski definition) is 0. The average molecular weight is 347 g/mol. The molecule has 1 spiro atoms. The number of pyridine rings is 1. The van der Waals surface area contributed by atoms with Crippen molar-refractivity contribution in [2.45, 2.75) is 18.6 Å². The molecule has 1 aromatic heterocycles. The van der Waals surface area contributed by atoms with Gasteiger partial charge in [-0.25, -0.2) is 0 Å². The normalized spacial score (nSPS) is 32.1. The first-order chi connectivity index (χ1) is 12.3. The molecule has 0 radical (unpaired) electrons. The van der Waals surface area contributed by atoms with Crippen LogP contribution in [0.1, 0.15) is 12.0 Å². The Kier molecular flexibility index (Phi) is 5.63. The van der Waals surface area contributed by atoms with E-state index in [2.05, 4.69) is 26.9 Å². The van der Waals surface area contributed by atoms with Crippen LogP contribution in [0.2, 0.25) is 0 Å². The monoisotopic (exact) mass is 347 g/mol. The van der Waals surface area contributed by atoms with E-state index in [0.717, 1.165) is 65.7 Å². The molecule has 6 nitrogen and oxygen atoms in total. The zero-order valence-electron chi connectivity index (χ0n) is 14.9. The van der Waals surface area contributed by atoms with Crippen LogP contribution >= 0.6 is 0 Å². The molecule has 2 atom stereocenters. The van der Waals surface area contributed by atoms with Crippen LogP contribution in [-0.4, -0.2) is 86.1 Å². The van der Waals surface area contributed by atoms with Crippen molar-refractivity contribution in [3.63, 3.8) is 0 Å². The first kappa shape index (κ1) is 17.4. The standard InChI is InChI=1S/C19H29N3O3/c1-4-20-5-2-17(1)11-21-6-9-24-16-19(14-21)15-22(7-10-25-19)12-18-3-8-23-13-18/h1-2,4-5,18H,3,6-16H2/t18-,19-/m1/s1. The van der Waals surface area contributed by atoms with E-state index in [1.165, 1.54) is 12.0 Å². The zero-order chi connectivity index (χ0) is 17.0. The largest absolute Gasteiger partial charge is 0.381 e. The summed E-state index contributed by atoms with van der Waals surface area (Å²) in [5.74, 6) is 0.676. The lowest BCUT2D eigenvalue weighted by atomic mass is 9.99. The Morgan fingerprint density at radius 2 is 1.88 bits per heavy atom. The molecular formula is C19H29N3O3. The van der Waals surface area contributed by atoms with Gasteiger partial charge < -0.3 is 14.2 Å². The summed E-state index contributed by atoms with van der Waals surface area (Å²) >= 11 is 0. The first-order valence-corrected chi connectivity index (χ1v) is 9.44. The molecule has 0 N–H and O–H groups in total. The molecular weight excluding hydrogens is 318 g/mol. The van der Waals surface area contributed by atoms with Crippen molar-refractivity contribution in [2.75, 3.05) is 65.8 Å². The van der Waals surface area contributed by atoms with E-state index in [0.29, 0.717) is 12.5 Å². The van der Waals surface area contributed by atoms with Crippen molar-refractivity contribution in [1.82, 2.24) is 14.8 Å². The van der Waals surface area contributed by atoms with Crippen molar-refractivity contribution in [2.24, 2.45) is 5.92 Å². The molecule has 0 amide bonds. The molecule has 25 heavy (non-hydrogen) atoms. The number of hydrogen-bond acceptors (Lipinski definition) is 6. The molecule has 3 saturated heterocycles. The van der Waals surface area contributed by atoms with Gasteiger partial charge in [-0.3, -0.25) is 14.8 Å². The Morgan fingerprint density at radius 3 is 2.72 bits per heavy atom. The van der Waals surface area contributed by atoms with Gasteiger partial charge in [0.05, 0.1) is 26.4 Å². The minimum absolute atomic E-state index is 0.207. The van der Waals surface area contributed by atoms with Gasteiger partial charge in [-0.1, -0.05) is 0 Å². The van der Waals surface area contributed by atoms with Crippen LogP contribution in [0.25, 0.3) is 0 Å². The maximum atomic E-state index is 6.30. The quantitative estimate of drug-likeness (QED) is 0.811. The summed E-state index contributed by atoms with van der Waals surface area (Å²) in [5, 5.41) is 0. The van der Waals surface area contributed by atoms with E-state index in [4.69, 9.17) is 14.2 Å². The Balaban J connectivity index is 1.39. The van der Waals surface area contributed by atoms with Gasteiger partial charge >= 0.3 is 0 Å². The summed E-state index contributed by atoms with van der Waals surface area (Å²) in [5.41, 5.74) is 1.09. The van der Waals surface area contributed by atoms with Crippen LogP contribution in [0.15, 0.2) is 24.5 Å². The third kappa shape index (κ3) is 4.57. The van der Waals surface area contributed by atoms with Crippen LogP contribution < -0.4 is 0 Å². The fourth-order valence-electron chi connectivity index (χ4n) is 4.22. The second-order valence-electron chi connectivity index (χ2n) is 7.61. The SMILES string of the molecule is c1cc(CN2CCOC[C@@]3(C2)CN(C[C@H]2CCOC2)CCO3)ccn1. The molecule has 0 unspecified atom stereocenters. The third-order valence-corrected chi connectivity index (χ3v) is 5.45. The number of ether oxygens (including phenoxy) is 3. The van der Waals surface area contributed by atoms with E-state index in [9.17, 15) is 0 Å². The van der Waals surface area contributed by atoms with Crippen LogP contribution in [-0.2, 0) is 20.8 Å². The van der Waals surface area contributed by atoms with Crippen molar-refractivity contribution in [1.29, 1.82) is 0 Å². The minimum atomic E-state index is -0.207. The van der Waals surface area contributed by atoms with Crippen molar-refractivity contribution >= 4 is 0 Å². The van der Waals surface area contributed by atoms with Gasteiger partial charge in [0.25, 0.3) is 0 Å². The van der Waals surface area contributed by atoms with Gasteiger partial charge in [-0.15, -0.1) is 0 Å². The number of rotatable bonds is 4. The van der Waals surface area contributed by atoms with Crippen LogP contribution in [0.3, 0.4) is 0 Å². The summed E-state index contributed by atoms with van der Waals surface area (Å²) in [4.78, 5) is 9.13. The molecule has 3 fully saturated rings. The fourth-order valence-corrected chi connectivity index (χ4v) is 4.22. The van der Waals surface area contributed by atoms with Gasteiger partial charge in [0.15, 0.2) is 0 Å². The topological polar surface area (TPSA) is 47.1 Å². The predicted molar refractivity (Wildman–Crippen MR) is 94.4 cm³/mol. The van der Waals surface area contributed by atoms with E-state index in [-0.39, 0.29) is 5.60 Å².